The van der Waals surface area contributed by atoms with Gasteiger partial charge in [-0.1, -0.05) is 26.3 Å². The Morgan fingerprint density at radius 2 is 2.19 bits per heavy atom. The first-order valence-electron chi connectivity index (χ1n) is 7.72. The van der Waals surface area contributed by atoms with Gasteiger partial charge in [0.1, 0.15) is 11.9 Å². The lowest BCUT2D eigenvalue weighted by molar-refractivity contribution is 0.165. The van der Waals surface area contributed by atoms with Crippen LogP contribution in [0, 0.1) is 23.1 Å². The molecule has 1 heterocycles. The Kier molecular flexibility index (Phi) is 5.33. The van der Waals surface area contributed by atoms with E-state index in [2.05, 4.69) is 18.7 Å². The van der Waals surface area contributed by atoms with Gasteiger partial charge in [0.05, 0.1) is 5.56 Å². The smallest absolute Gasteiger partial charge is 0.140 e. The standard InChI is InChI=1S/C17H24FN3/c1-12(2)11-21-8-4-3-5-16(20)17(21)13-6-7-15(18)14(9-13)10-19/h6-7,9,12,16-17H,3-5,8,11,20H2,1-2H3. The third-order valence-electron chi connectivity index (χ3n) is 4.08. The summed E-state index contributed by atoms with van der Waals surface area (Å²) >= 11 is 0. The molecule has 0 spiro atoms. The average molecular weight is 289 g/mol. The SMILES string of the molecule is CC(C)CN1CCCCC(N)C1c1ccc(F)c(C#N)c1. The van der Waals surface area contributed by atoms with Gasteiger partial charge in [-0.15, -0.1) is 0 Å². The predicted octanol–water partition coefficient (Wildman–Crippen LogP) is 3.21. The van der Waals surface area contributed by atoms with Crippen LogP contribution in [0.2, 0.25) is 0 Å². The van der Waals surface area contributed by atoms with Gasteiger partial charge in [-0.3, -0.25) is 4.90 Å². The summed E-state index contributed by atoms with van der Waals surface area (Å²) in [5.74, 6) is 0.0903. The molecule has 0 bridgehead atoms. The minimum atomic E-state index is -0.459. The number of hydrogen-bond donors (Lipinski definition) is 1. The minimum Gasteiger partial charge on any atom is -0.326 e. The van der Waals surface area contributed by atoms with E-state index in [1.165, 1.54) is 6.07 Å². The van der Waals surface area contributed by atoms with Gasteiger partial charge in [0, 0.05) is 18.6 Å². The van der Waals surface area contributed by atoms with E-state index in [1.54, 1.807) is 12.1 Å². The van der Waals surface area contributed by atoms with Crippen LogP contribution >= 0.6 is 0 Å². The number of halogens is 1. The van der Waals surface area contributed by atoms with E-state index in [0.29, 0.717) is 5.92 Å². The molecular weight excluding hydrogens is 265 g/mol. The van der Waals surface area contributed by atoms with Crippen molar-refractivity contribution < 1.29 is 4.39 Å². The highest BCUT2D eigenvalue weighted by molar-refractivity contribution is 5.36. The van der Waals surface area contributed by atoms with E-state index in [0.717, 1.165) is 37.9 Å². The van der Waals surface area contributed by atoms with E-state index in [1.807, 2.05) is 6.07 Å². The van der Waals surface area contributed by atoms with E-state index >= 15 is 0 Å². The Hall–Kier alpha value is -1.44. The number of nitriles is 1. The molecule has 0 aliphatic carbocycles. The van der Waals surface area contributed by atoms with Crippen molar-refractivity contribution in [3.8, 4) is 6.07 Å². The van der Waals surface area contributed by atoms with Gasteiger partial charge >= 0.3 is 0 Å². The van der Waals surface area contributed by atoms with Gasteiger partial charge in [-0.05, 0) is 43.0 Å². The lowest BCUT2D eigenvalue weighted by Crippen LogP contribution is -2.41. The third kappa shape index (κ3) is 3.81. The monoisotopic (exact) mass is 289 g/mol. The topological polar surface area (TPSA) is 53.0 Å². The number of rotatable bonds is 3. The highest BCUT2D eigenvalue weighted by atomic mass is 19.1. The van der Waals surface area contributed by atoms with Crippen molar-refractivity contribution in [1.29, 1.82) is 5.26 Å². The zero-order valence-corrected chi connectivity index (χ0v) is 12.8. The Morgan fingerprint density at radius 1 is 1.43 bits per heavy atom. The van der Waals surface area contributed by atoms with Crippen molar-refractivity contribution in [2.75, 3.05) is 13.1 Å². The molecular formula is C17H24FN3. The first-order valence-corrected chi connectivity index (χ1v) is 7.72. The summed E-state index contributed by atoms with van der Waals surface area (Å²) in [4.78, 5) is 2.40. The first kappa shape index (κ1) is 15.9. The van der Waals surface area contributed by atoms with Gasteiger partial charge in [0.25, 0.3) is 0 Å². The van der Waals surface area contributed by atoms with Crippen LogP contribution in [0.5, 0.6) is 0 Å². The molecule has 0 radical (unpaired) electrons. The zero-order valence-electron chi connectivity index (χ0n) is 12.8. The van der Waals surface area contributed by atoms with Crippen LogP contribution in [0.4, 0.5) is 4.39 Å². The molecule has 21 heavy (non-hydrogen) atoms. The van der Waals surface area contributed by atoms with Crippen molar-refractivity contribution in [1.82, 2.24) is 4.90 Å². The van der Waals surface area contributed by atoms with Gasteiger partial charge in [-0.2, -0.15) is 5.26 Å². The lowest BCUT2D eigenvalue weighted by Gasteiger charge is -2.35. The van der Waals surface area contributed by atoms with Gasteiger partial charge in [0.2, 0.25) is 0 Å². The maximum atomic E-state index is 13.6. The molecule has 2 rings (SSSR count). The molecule has 1 aromatic rings. The van der Waals surface area contributed by atoms with E-state index < -0.39 is 5.82 Å². The second-order valence-corrected chi connectivity index (χ2v) is 6.34. The summed E-state index contributed by atoms with van der Waals surface area (Å²) < 4.78 is 13.6. The maximum absolute atomic E-state index is 13.6. The van der Waals surface area contributed by atoms with E-state index in [9.17, 15) is 4.39 Å². The van der Waals surface area contributed by atoms with E-state index in [4.69, 9.17) is 11.0 Å². The molecule has 2 unspecified atom stereocenters. The van der Waals surface area contributed by atoms with Crippen LogP contribution in [0.3, 0.4) is 0 Å². The van der Waals surface area contributed by atoms with Crippen LogP contribution in [0.25, 0.3) is 0 Å². The summed E-state index contributed by atoms with van der Waals surface area (Å²) in [5, 5.41) is 9.04. The van der Waals surface area contributed by atoms with E-state index in [-0.39, 0.29) is 17.6 Å². The molecule has 1 aromatic carbocycles. The van der Waals surface area contributed by atoms with Crippen LogP contribution < -0.4 is 5.73 Å². The molecule has 2 atom stereocenters. The van der Waals surface area contributed by atoms with Crippen LogP contribution in [-0.4, -0.2) is 24.0 Å². The summed E-state index contributed by atoms with van der Waals surface area (Å²) in [7, 11) is 0. The summed E-state index contributed by atoms with van der Waals surface area (Å²) in [6, 6.07) is 6.86. The van der Waals surface area contributed by atoms with Gasteiger partial charge in [-0.25, -0.2) is 4.39 Å². The molecule has 0 aromatic heterocycles. The number of nitrogens with two attached hydrogens (primary N) is 1. The normalized spacial score (nSPS) is 23.8. The van der Waals surface area contributed by atoms with Crippen LogP contribution in [0.15, 0.2) is 18.2 Å². The fourth-order valence-corrected chi connectivity index (χ4v) is 3.21. The number of nitrogens with zero attached hydrogens (tertiary/aromatic N) is 2. The second kappa shape index (κ2) is 7.02. The van der Waals surface area contributed by atoms with Gasteiger partial charge < -0.3 is 5.73 Å². The molecule has 4 heteroatoms. The van der Waals surface area contributed by atoms with Crippen molar-refractivity contribution in [2.24, 2.45) is 11.7 Å². The van der Waals surface area contributed by atoms with Crippen molar-refractivity contribution in [3.63, 3.8) is 0 Å². The van der Waals surface area contributed by atoms with Crippen LogP contribution in [-0.2, 0) is 0 Å². The molecule has 1 saturated heterocycles. The molecule has 3 nitrogen and oxygen atoms in total. The van der Waals surface area contributed by atoms with Gasteiger partial charge in [0.15, 0.2) is 0 Å². The summed E-state index contributed by atoms with van der Waals surface area (Å²) in [6.45, 7) is 6.37. The Morgan fingerprint density at radius 3 is 2.86 bits per heavy atom. The quantitative estimate of drug-likeness (QED) is 0.929. The Labute approximate surface area is 126 Å². The molecule has 0 saturated carbocycles. The highest BCUT2D eigenvalue weighted by Gasteiger charge is 2.29. The average Bonchev–Trinajstić information content (AvgIpc) is 2.61. The number of benzene rings is 1. The number of hydrogen-bond acceptors (Lipinski definition) is 3. The fraction of sp³-hybridized carbons (Fsp3) is 0.588. The molecule has 114 valence electrons. The van der Waals surface area contributed by atoms with Crippen molar-refractivity contribution in [2.45, 2.75) is 45.2 Å². The second-order valence-electron chi connectivity index (χ2n) is 6.34. The Balaban J connectivity index is 2.36. The van der Waals surface area contributed by atoms with Crippen molar-refractivity contribution in [3.05, 3.63) is 35.1 Å². The first-order chi connectivity index (χ1) is 10.0. The van der Waals surface area contributed by atoms with Crippen LogP contribution in [0.1, 0.15) is 50.3 Å². The highest BCUT2D eigenvalue weighted by Crippen LogP contribution is 2.31. The largest absolute Gasteiger partial charge is 0.326 e. The number of likely N-dealkylation sites (tertiary alicyclic amines) is 1. The Bertz CT molecular complexity index is 521. The predicted molar refractivity (Wildman–Crippen MR) is 82.1 cm³/mol. The molecule has 1 aliphatic rings. The minimum absolute atomic E-state index is 0.0308. The summed E-state index contributed by atoms with van der Waals surface area (Å²) in [6.07, 6.45) is 3.24. The summed E-state index contributed by atoms with van der Waals surface area (Å²) in [5.41, 5.74) is 7.45. The van der Waals surface area contributed by atoms with Crippen molar-refractivity contribution >= 4 is 0 Å². The zero-order chi connectivity index (χ0) is 15.4. The molecule has 0 amide bonds. The molecule has 2 N–H and O–H groups in total. The third-order valence-corrected chi connectivity index (χ3v) is 4.08. The molecule has 1 fully saturated rings. The fourth-order valence-electron chi connectivity index (χ4n) is 3.21. The molecule has 1 aliphatic heterocycles. The lowest BCUT2D eigenvalue weighted by atomic mass is 9.94. The maximum Gasteiger partial charge on any atom is 0.140 e.